The minimum absolute atomic E-state index is 0.0206. The van der Waals surface area contributed by atoms with Crippen LogP contribution in [0.15, 0.2) is 6.07 Å². The molecule has 1 aromatic carbocycles. The number of urea groups is 1. The molecule has 1 heterocycles. The first-order valence-electron chi connectivity index (χ1n) is 11.6. The summed E-state index contributed by atoms with van der Waals surface area (Å²) >= 11 is 0. The van der Waals surface area contributed by atoms with E-state index in [2.05, 4.69) is 27.9 Å². The summed E-state index contributed by atoms with van der Waals surface area (Å²) in [4.78, 5) is 15.1. The summed E-state index contributed by atoms with van der Waals surface area (Å²) in [5.41, 5.74) is 5.70. The quantitative estimate of drug-likeness (QED) is 0.749. The van der Waals surface area contributed by atoms with Gasteiger partial charge in [-0.25, -0.2) is 17.9 Å². The highest BCUT2D eigenvalue weighted by molar-refractivity contribution is 7.90. The predicted octanol–water partition coefficient (Wildman–Crippen LogP) is 3.38. The zero-order chi connectivity index (χ0) is 20.9. The second kappa shape index (κ2) is 7.52. The lowest BCUT2D eigenvalue weighted by molar-refractivity contribution is 0.134. The van der Waals surface area contributed by atoms with Gasteiger partial charge in [0.15, 0.2) is 0 Å². The maximum absolute atomic E-state index is 12.9. The van der Waals surface area contributed by atoms with E-state index in [1.165, 1.54) is 22.3 Å². The molecule has 2 amide bonds. The molecule has 30 heavy (non-hydrogen) atoms. The van der Waals surface area contributed by atoms with Gasteiger partial charge in [-0.3, -0.25) is 4.90 Å². The Hall–Kier alpha value is -1.60. The normalized spacial score (nSPS) is 23.1. The molecule has 1 saturated carbocycles. The number of benzene rings is 1. The van der Waals surface area contributed by atoms with E-state index in [-0.39, 0.29) is 11.3 Å². The molecule has 2 N–H and O–H groups in total. The lowest BCUT2D eigenvalue weighted by Gasteiger charge is -2.37. The molecule has 1 aromatic rings. The fourth-order valence-electron chi connectivity index (χ4n) is 5.82. The van der Waals surface area contributed by atoms with Crippen LogP contribution in [0.25, 0.3) is 0 Å². The lowest BCUT2D eigenvalue weighted by Crippen LogP contribution is -2.49. The van der Waals surface area contributed by atoms with Gasteiger partial charge in [0.2, 0.25) is 10.0 Å². The van der Waals surface area contributed by atoms with E-state index >= 15 is 0 Å². The molecular formula is C23H33N3O3S. The number of carbonyl (C=O) groups excluding carboxylic acids is 1. The molecule has 0 spiro atoms. The van der Waals surface area contributed by atoms with Crippen LogP contribution >= 0.6 is 0 Å². The largest absolute Gasteiger partial charge is 0.332 e. The molecule has 1 aliphatic heterocycles. The van der Waals surface area contributed by atoms with Crippen molar-refractivity contribution in [3.05, 3.63) is 28.3 Å². The van der Waals surface area contributed by atoms with E-state index in [1.54, 1.807) is 0 Å². The molecule has 2 fully saturated rings. The Labute approximate surface area is 179 Å². The Balaban J connectivity index is 1.27. The van der Waals surface area contributed by atoms with E-state index in [0.717, 1.165) is 83.0 Å². The molecule has 5 rings (SSSR count). The van der Waals surface area contributed by atoms with Crippen LogP contribution in [0, 0.1) is 5.92 Å². The molecular weight excluding hydrogens is 398 g/mol. The van der Waals surface area contributed by atoms with E-state index in [4.69, 9.17) is 0 Å². The number of anilines is 1. The summed E-state index contributed by atoms with van der Waals surface area (Å²) in [6.45, 7) is 4.19. The highest BCUT2D eigenvalue weighted by Gasteiger charge is 2.51. The van der Waals surface area contributed by atoms with Crippen molar-refractivity contribution in [2.45, 2.75) is 76.7 Å². The van der Waals surface area contributed by atoms with Crippen LogP contribution in [0.5, 0.6) is 0 Å². The number of rotatable bonds is 5. The van der Waals surface area contributed by atoms with E-state index < -0.39 is 16.1 Å². The summed E-state index contributed by atoms with van der Waals surface area (Å²) in [7, 11) is -3.69. The number of sulfonamides is 1. The average molecular weight is 432 g/mol. The maximum Gasteiger partial charge on any atom is 0.332 e. The number of piperidine rings is 1. The van der Waals surface area contributed by atoms with Crippen LogP contribution in [0.1, 0.15) is 67.7 Å². The third-order valence-corrected chi connectivity index (χ3v) is 9.11. The van der Waals surface area contributed by atoms with E-state index in [9.17, 15) is 13.2 Å². The van der Waals surface area contributed by atoms with Gasteiger partial charge in [-0.05, 0) is 105 Å². The van der Waals surface area contributed by atoms with Crippen LogP contribution in [-0.4, -0.2) is 43.7 Å². The Bertz CT molecular complexity index is 928. The monoisotopic (exact) mass is 431 g/mol. The third kappa shape index (κ3) is 3.86. The first-order valence-corrected chi connectivity index (χ1v) is 13.2. The fourth-order valence-corrected chi connectivity index (χ4v) is 7.40. The van der Waals surface area contributed by atoms with Crippen molar-refractivity contribution in [3.8, 4) is 0 Å². The van der Waals surface area contributed by atoms with Crippen LogP contribution in [-0.2, 0) is 35.7 Å². The van der Waals surface area contributed by atoms with Gasteiger partial charge in [0, 0.05) is 11.2 Å². The van der Waals surface area contributed by atoms with Crippen molar-refractivity contribution >= 4 is 21.7 Å². The first kappa shape index (κ1) is 20.3. The van der Waals surface area contributed by atoms with Crippen molar-refractivity contribution in [3.63, 3.8) is 0 Å². The lowest BCUT2D eigenvalue weighted by atomic mass is 9.98. The zero-order valence-corrected chi connectivity index (χ0v) is 18.7. The van der Waals surface area contributed by atoms with Gasteiger partial charge < -0.3 is 5.32 Å². The zero-order valence-electron chi connectivity index (χ0n) is 17.9. The number of hydrogen-bond donors (Lipinski definition) is 2. The molecule has 1 saturated heterocycles. The summed E-state index contributed by atoms with van der Waals surface area (Å²) in [5, 5.41) is 2.95. The number of nitrogens with zero attached hydrogens (tertiary/aromatic N) is 1. The molecule has 164 valence electrons. The topological polar surface area (TPSA) is 78.5 Å². The SMILES string of the molecule is CC1CCN(C2(CS(=O)(=O)NC(=O)Nc3c4c(cc5c3CCC5)CCC4)CC2)CC1. The fraction of sp³-hybridized carbons (Fsp3) is 0.696. The summed E-state index contributed by atoms with van der Waals surface area (Å²) in [5.74, 6) is 0.735. The Kier molecular flexibility index (Phi) is 5.09. The van der Waals surface area contributed by atoms with Crippen molar-refractivity contribution in [2.75, 3.05) is 24.2 Å². The van der Waals surface area contributed by atoms with Crippen LogP contribution in [0.3, 0.4) is 0 Å². The van der Waals surface area contributed by atoms with Gasteiger partial charge in [-0.1, -0.05) is 13.0 Å². The van der Waals surface area contributed by atoms with Crippen molar-refractivity contribution in [1.29, 1.82) is 0 Å². The second-order valence-corrected chi connectivity index (χ2v) is 11.7. The number of fused-ring (bicyclic) bond motifs is 2. The highest BCUT2D eigenvalue weighted by Crippen LogP contribution is 2.44. The molecule has 0 atom stereocenters. The van der Waals surface area contributed by atoms with Crippen LogP contribution in [0.2, 0.25) is 0 Å². The number of likely N-dealkylation sites (tertiary alicyclic amines) is 1. The minimum Gasteiger partial charge on any atom is -0.307 e. The van der Waals surface area contributed by atoms with Gasteiger partial charge in [0.25, 0.3) is 0 Å². The summed E-state index contributed by atoms with van der Waals surface area (Å²) < 4.78 is 28.1. The standard InChI is InChI=1S/C23H33N3O3S/c1-16-8-12-26(13-9-16)23(10-11-23)15-30(28,29)25-22(27)24-21-19-6-2-4-17(19)14-18-5-3-7-20(18)21/h14,16H,2-13,15H2,1H3,(H2,24,25,27). The maximum atomic E-state index is 12.9. The Morgan fingerprint density at radius 2 is 1.67 bits per heavy atom. The van der Waals surface area contributed by atoms with Crippen molar-refractivity contribution < 1.29 is 13.2 Å². The smallest absolute Gasteiger partial charge is 0.307 e. The first-order chi connectivity index (χ1) is 14.4. The molecule has 7 heteroatoms. The number of amides is 2. The van der Waals surface area contributed by atoms with E-state index in [1.807, 2.05) is 0 Å². The number of carbonyl (C=O) groups is 1. The molecule has 6 nitrogen and oxygen atoms in total. The summed E-state index contributed by atoms with van der Waals surface area (Å²) in [6.07, 6.45) is 10.3. The number of nitrogens with one attached hydrogen (secondary N) is 2. The van der Waals surface area contributed by atoms with Gasteiger partial charge >= 0.3 is 6.03 Å². The number of hydrogen-bond acceptors (Lipinski definition) is 4. The Morgan fingerprint density at radius 1 is 1.07 bits per heavy atom. The van der Waals surface area contributed by atoms with Gasteiger partial charge in [0.1, 0.15) is 0 Å². The van der Waals surface area contributed by atoms with Crippen LogP contribution < -0.4 is 10.0 Å². The number of aryl methyl sites for hydroxylation is 2. The van der Waals surface area contributed by atoms with Gasteiger partial charge in [0.05, 0.1) is 5.75 Å². The summed E-state index contributed by atoms with van der Waals surface area (Å²) in [6, 6.07) is 1.70. The highest BCUT2D eigenvalue weighted by atomic mass is 32.2. The molecule has 0 radical (unpaired) electrons. The molecule has 0 bridgehead atoms. The minimum atomic E-state index is -3.69. The molecule has 3 aliphatic carbocycles. The predicted molar refractivity (Wildman–Crippen MR) is 118 cm³/mol. The molecule has 4 aliphatic rings. The average Bonchev–Trinajstić information content (AvgIpc) is 3.10. The molecule has 0 unspecified atom stereocenters. The van der Waals surface area contributed by atoms with E-state index in [0.29, 0.717) is 5.92 Å². The third-order valence-electron chi connectivity index (χ3n) is 7.70. The molecule has 0 aromatic heterocycles. The van der Waals surface area contributed by atoms with Crippen molar-refractivity contribution in [1.82, 2.24) is 9.62 Å². The van der Waals surface area contributed by atoms with Crippen molar-refractivity contribution in [2.24, 2.45) is 5.92 Å². The second-order valence-electron chi connectivity index (χ2n) is 9.94. The van der Waals surface area contributed by atoms with Crippen LogP contribution in [0.4, 0.5) is 10.5 Å². The van der Waals surface area contributed by atoms with Gasteiger partial charge in [-0.15, -0.1) is 0 Å². The van der Waals surface area contributed by atoms with Gasteiger partial charge in [-0.2, -0.15) is 0 Å². The Morgan fingerprint density at radius 3 is 2.23 bits per heavy atom.